The Morgan fingerprint density at radius 1 is 1.00 bits per heavy atom. The average molecular weight is 293 g/mol. The topological polar surface area (TPSA) is 36.0 Å². The van der Waals surface area contributed by atoms with Crippen molar-refractivity contribution >= 4 is 6.03 Å². The Morgan fingerprint density at radius 2 is 1.81 bits per heavy atom. The highest BCUT2D eigenvalue weighted by Gasteiger charge is 2.39. The van der Waals surface area contributed by atoms with E-state index in [4.69, 9.17) is 4.74 Å². The van der Waals surface area contributed by atoms with E-state index in [0.717, 1.165) is 58.2 Å². The Morgan fingerprint density at radius 3 is 2.57 bits per heavy atom. The highest BCUT2D eigenvalue weighted by atomic mass is 16.5. The van der Waals surface area contributed by atoms with E-state index in [1.54, 1.807) is 0 Å². The van der Waals surface area contributed by atoms with Gasteiger partial charge < -0.3 is 14.5 Å². The number of carbonyl (C=O) groups is 1. The Bertz CT molecular complexity index is 393. The quantitative estimate of drug-likeness (QED) is 0.789. The molecule has 118 valence electrons. The molecule has 5 nitrogen and oxygen atoms in total. The summed E-state index contributed by atoms with van der Waals surface area (Å²) in [5, 5.41) is 0. The van der Waals surface area contributed by atoms with Crippen molar-refractivity contribution in [3.8, 4) is 0 Å². The van der Waals surface area contributed by atoms with Crippen molar-refractivity contribution in [2.75, 3.05) is 45.9 Å². The first-order valence-corrected chi connectivity index (χ1v) is 8.69. The molecule has 0 aromatic heterocycles. The molecule has 0 aromatic carbocycles. The summed E-state index contributed by atoms with van der Waals surface area (Å²) in [5.74, 6) is 0.843. The zero-order chi connectivity index (χ0) is 14.2. The van der Waals surface area contributed by atoms with Gasteiger partial charge in [0.1, 0.15) is 0 Å². The number of hydrogen-bond donors (Lipinski definition) is 0. The van der Waals surface area contributed by atoms with Crippen LogP contribution in [0.15, 0.2) is 0 Å². The average Bonchev–Trinajstić information content (AvgIpc) is 3.02. The van der Waals surface area contributed by atoms with E-state index < -0.39 is 0 Å². The van der Waals surface area contributed by atoms with Crippen LogP contribution in [-0.2, 0) is 4.74 Å². The standard InChI is InChI=1S/C16H27N3O2/c20-16(17-5-1-2-6-17)19-8-7-18-11-15(9-14(18)10-19)21-12-13-3-4-13/h13-15H,1-12H2/t14-,15+/m1/s1. The Balaban J connectivity index is 1.29. The number of rotatable bonds is 3. The van der Waals surface area contributed by atoms with Crippen molar-refractivity contribution in [1.82, 2.24) is 14.7 Å². The molecule has 0 radical (unpaired) electrons. The van der Waals surface area contributed by atoms with Crippen LogP contribution in [0.25, 0.3) is 0 Å². The van der Waals surface area contributed by atoms with Crippen LogP contribution in [0.4, 0.5) is 4.79 Å². The summed E-state index contributed by atoms with van der Waals surface area (Å²) in [5.41, 5.74) is 0. The minimum atomic E-state index is 0.273. The molecule has 5 heteroatoms. The van der Waals surface area contributed by atoms with Crippen LogP contribution in [0.3, 0.4) is 0 Å². The van der Waals surface area contributed by atoms with Gasteiger partial charge in [0.2, 0.25) is 0 Å². The molecule has 3 heterocycles. The van der Waals surface area contributed by atoms with Crippen molar-refractivity contribution < 1.29 is 9.53 Å². The van der Waals surface area contributed by atoms with Crippen LogP contribution in [0.1, 0.15) is 32.1 Å². The lowest BCUT2D eigenvalue weighted by Crippen LogP contribution is -2.54. The van der Waals surface area contributed by atoms with Gasteiger partial charge in [-0.1, -0.05) is 0 Å². The second-order valence-electron chi connectivity index (χ2n) is 7.21. The first-order valence-electron chi connectivity index (χ1n) is 8.69. The summed E-state index contributed by atoms with van der Waals surface area (Å²) < 4.78 is 6.06. The molecule has 1 aliphatic carbocycles. The number of likely N-dealkylation sites (tertiary alicyclic amines) is 1. The fourth-order valence-electron chi connectivity index (χ4n) is 3.96. The first-order chi connectivity index (χ1) is 10.3. The van der Waals surface area contributed by atoms with Gasteiger partial charge in [0.15, 0.2) is 0 Å². The SMILES string of the molecule is O=C(N1CCCC1)N1CCN2C[C@@H](OCC3CC3)C[C@@H]2C1. The lowest BCUT2D eigenvalue weighted by molar-refractivity contribution is 0.0512. The van der Waals surface area contributed by atoms with Gasteiger partial charge in [-0.2, -0.15) is 0 Å². The molecule has 0 aromatic rings. The monoisotopic (exact) mass is 293 g/mol. The number of carbonyl (C=O) groups excluding carboxylic acids is 1. The molecule has 4 rings (SSSR count). The number of nitrogens with zero attached hydrogens (tertiary/aromatic N) is 3. The highest BCUT2D eigenvalue weighted by molar-refractivity contribution is 5.75. The Labute approximate surface area is 127 Å². The molecule has 2 amide bonds. The smallest absolute Gasteiger partial charge is 0.320 e. The molecule has 3 saturated heterocycles. The maximum atomic E-state index is 12.5. The van der Waals surface area contributed by atoms with Crippen LogP contribution >= 0.6 is 0 Å². The normalized spacial score (nSPS) is 33.5. The number of hydrogen-bond acceptors (Lipinski definition) is 3. The third-order valence-electron chi connectivity index (χ3n) is 5.49. The molecule has 4 aliphatic rings. The molecule has 2 atom stereocenters. The highest BCUT2D eigenvalue weighted by Crippen LogP contribution is 2.31. The van der Waals surface area contributed by atoms with Gasteiger partial charge in [0, 0.05) is 51.9 Å². The van der Waals surface area contributed by atoms with E-state index >= 15 is 0 Å². The van der Waals surface area contributed by atoms with Gasteiger partial charge >= 0.3 is 6.03 Å². The van der Waals surface area contributed by atoms with Gasteiger partial charge in [0.05, 0.1) is 6.10 Å². The zero-order valence-electron chi connectivity index (χ0n) is 12.9. The van der Waals surface area contributed by atoms with Crippen molar-refractivity contribution in [3.05, 3.63) is 0 Å². The number of amides is 2. The second-order valence-corrected chi connectivity index (χ2v) is 7.21. The van der Waals surface area contributed by atoms with Crippen molar-refractivity contribution in [2.24, 2.45) is 5.92 Å². The predicted molar refractivity (Wildman–Crippen MR) is 80.2 cm³/mol. The third-order valence-corrected chi connectivity index (χ3v) is 5.49. The van der Waals surface area contributed by atoms with Crippen LogP contribution in [-0.4, -0.2) is 78.8 Å². The van der Waals surface area contributed by atoms with Crippen molar-refractivity contribution in [3.63, 3.8) is 0 Å². The minimum absolute atomic E-state index is 0.273. The summed E-state index contributed by atoms with van der Waals surface area (Å²) in [6.07, 6.45) is 6.57. The van der Waals surface area contributed by atoms with Gasteiger partial charge in [0.25, 0.3) is 0 Å². The summed E-state index contributed by atoms with van der Waals surface area (Å²) in [4.78, 5) is 19.1. The summed E-state index contributed by atoms with van der Waals surface area (Å²) in [6, 6.07) is 0.795. The maximum absolute atomic E-state index is 12.5. The molecule has 0 unspecified atom stereocenters. The third kappa shape index (κ3) is 3.04. The molecule has 0 spiro atoms. The van der Waals surface area contributed by atoms with Crippen LogP contribution in [0.2, 0.25) is 0 Å². The largest absolute Gasteiger partial charge is 0.377 e. The Hall–Kier alpha value is -0.810. The summed E-state index contributed by atoms with van der Waals surface area (Å²) in [6.45, 7) is 6.76. The molecular formula is C16H27N3O2. The molecule has 4 fully saturated rings. The number of fused-ring (bicyclic) bond motifs is 1. The maximum Gasteiger partial charge on any atom is 0.320 e. The van der Waals surface area contributed by atoms with E-state index in [2.05, 4.69) is 9.80 Å². The number of piperazine rings is 1. The first kappa shape index (κ1) is 13.8. The fourth-order valence-corrected chi connectivity index (χ4v) is 3.96. The van der Waals surface area contributed by atoms with E-state index in [1.807, 2.05) is 4.90 Å². The van der Waals surface area contributed by atoms with Gasteiger partial charge in [-0.3, -0.25) is 4.90 Å². The minimum Gasteiger partial charge on any atom is -0.377 e. The van der Waals surface area contributed by atoms with E-state index in [9.17, 15) is 4.79 Å². The van der Waals surface area contributed by atoms with Crippen molar-refractivity contribution in [1.29, 1.82) is 0 Å². The second kappa shape index (κ2) is 5.76. The molecule has 21 heavy (non-hydrogen) atoms. The summed E-state index contributed by atoms with van der Waals surface area (Å²) >= 11 is 0. The van der Waals surface area contributed by atoms with Crippen molar-refractivity contribution in [2.45, 2.75) is 44.2 Å². The number of ether oxygens (including phenoxy) is 1. The van der Waals surface area contributed by atoms with Gasteiger partial charge in [-0.05, 0) is 38.0 Å². The number of urea groups is 1. The van der Waals surface area contributed by atoms with E-state index in [0.29, 0.717) is 12.1 Å². The van der Waals surface area contributed by atoms with Crippen LogP contribution < -0.4 is 0 Å². The molecular weight excluding hydrogens is 266 g/mol. The molecule has 3 aliphatic heterocycles. The van der Waals surface area contributed by atoms with E-state index in [-0.39, 0.29) is 6.03 Å². The zero-order valence-corrected chi connectivity index (χ0v) is 12.9. The molecule has 0 N–H and O–H groups in total. The molecule has 0 bridgehead atoms. The predicted octanol–water partition coefficient (Wildman–Crippen LogP) is 1.39. The summed E-state index contributed by atoms with van der Waals surface area (Å²) in [7, 11) is 0. The van der Waals surface area contributed by atoms with Gasteiger partial charge in [-0.25, -0.2) is 4.79 Å². The van der Waals surface area contributed by atoms with Crippen LogP contribution in [0.5, 0.6) is 0 Å². The molecule has 1 saturated carbocycles. The van der Waals surface area contributed by atoms with Gasteiger partial charge in [-0.15, -0.1) is 0 Å². The lowest BCUT2D eigenvalue weighted by Gasteiger charge is -2.38. The fraction of sp³-hybridized carbons (Fsp3) is 0.938. The van der Waals surface area contributed by atoms with Crippen LogP contribution in [0, 0.1) is 5.92 Å². The Kier molecular flexibility index (Phi) is 3.79. The lowest BCUT2D eigenvalue weighted by atomic mass is 10.1. The van der Waals surface area contributed by atoms with E-state index in [1.165, 1.54) is 25.7 Å².